The highest BCUT2D eigenvalue weighted by molar-refractivity contribution is 7.99. The summed E-state index contributed by atoms with van der Waals surface area (Å²) in [7, 11) is 0. The average molecular weight is 240 g/mol. The van der Waals surface area contributed by atoms with Gasteiger partial charge < -0.3 is 5.11 Å². The van der Waals surface area contributed by atoms with Gasteiger partial charge in [-0.25, -0.2) is 4.39 Å². The third-order valence-electron chi connectivity index (χ3n) is 3.13. The Hall–Kier alpha value is -0.540. The largest absolute Gasteiger partial charge is 0.388 e. The Morgan fingerprint density at radius 1 is 1.38 bits per heavy atom. The lowest BCUT2D eigenvalue weighted by molar-refractivity contribution is 0.140. The van der Waals surface area contributed by atoms with Crippen molar-refractivity contribution in [1.29, 1.82) is 0 Å². The molecule has 1 aliphatic rings. The van der Waals surface area contributed by atoms with Crippen LogP contribution in [0.1, 0.15) is 30.9 Å². The van der Waals surface area contributed by atoms with E-state index in [0.29, 0.717) is 11.5 Å². The van der Waals surface area contributed by atoms with Gasteiger partial charge in [0.25, 0.3) is 0 Å². The molecule has 0 saturated carbocycles. The first-order valence-corrected chi connectivity index (χ1v) is 6.92. The zero-order valence-corrected chi connectivity index (χ0v) is 10.0. The average Bonchev–Trinajstić information content (AvgIpc) is 2.30. The minimum atomic E-state index is -0.510. The van der Waals surface area contributed by atoms with Crippen molar-refractivity contribution < 1.29 is 9.50 Å². The molecule has 1 N–H and O–H groups in total. The fraction of sp³-hybridized carbons (Fsp3) is 0.538. The number of hydrogen-bond acceptors (Lipinski definition) is 2. The molecular weight excluding hydrogens is 223 g/mol. The Morgan fingerprint density at radius 2 is 2.12 bits per heavy atom. The van der Waals surface area contributed by atoms with E-state index in [9.17, 15) is 9.50 Å². The van der Waals surface area contributed by atoms with Gasteiger partial charge in [-0.3, -0.25) is 0 Å². The number of benzene rings is 1. The van der Waals surface area contributed by atoms with Crippen LogP contribution in [0.5, 0.6) is 0 Å². The van der Waals surface area contributed by atoms with E-state index in [-0.39, 0.29) is 5.82 Å². The van der Waals surface area contributed by atoms with Crippen molar-refractivity contribution in [3.05, 3.63) is 35.6 Å². The van der Waals surface area contributed by atoms with Gasteiger partial charge in [0.15, 0.2) is 0 Å². The van der Waals surface area contributed by atoms with Crippen LogP contribution in [0.15, 0.2) is 24.3 Å². The lowest BCUT2D eigenvalue weighted by Crippen LogP contribution is -2.13. The summed E-state index contributed by atoms with van der Waals surface area (Å²) in [5, 5.41) is 10.0. The normalized spacial score (nSPS) is 19.6. The lowest BCUT2D eigenvalue weighted by Gasteiger charge is -2.23. The van der Waals surface area contributed by atoms with E-state index >= 15 is 0 Å². The van der Waals surface area contributed by atoms with Gasteiger partial charge in [0.1, 0.15) is 5.82 Å². The molecular formula is C13H17FOS. The molecule has 1 heterocycles. The van der Waals surface area contributed by atoms with E-state index < -0.39 is 6.10 Å². The summed E-state index contributed by atoms with van der Waals surface area (Å²) in [6, 6.07) is 6.30. The summed E-state index contributed by atoms with van der Waals surface area (Å²) in [5.41, 5.74) is 0.707. The summed E-state index contributed by atoms with van der Waals surface area (Å²) >= 11 is 1.98. The predicted octanol–water partition coefficient (Wildman–Crippen LogP) is 3.39. The van der Waals surface area contributed by atoms with E-state index in [0.717, 1.165) is 6.42 Å². The number of rotatable bonds is 3. The number of aliphatic hydroxyl groups is 1. The summed E-state index contributed by atoms with van der Waals surface area (Å²) in [5.74, 6) is 2.72. The Morgan fingerprint density at radius 3 is 2.81 bits per heavy atom. The van der Waals surface area contributed by atoms with Crippen molar-refractivity contribution in [2.75, 3.05) is 11.5 Å². The van der Waals surface area contributed by atoms with Crippen LogP contribution >= 0.6 is 11.8 Å². The van der Waals surface area contributed by atoms with Crippen molar-refractivity contribution in [3.8, 4) is 0 Å². The van der Waals surface area contributed by atoms with Crippen LogP contribution in [0.3, 0.4) is 0 Å². The van der Waals surface area contributed by atoms with Gasteiger partial charge in [-0.05, 0) is 54.4 Å². The highest BCUT2D eigenvalue weighted by atomic mass is 32.2. The second-order valence-electron chi connectivity index (χ2n) is 4.36. The first-order chi connectivity index (χ1) is 7.75. The fourth-order valence-corrected chi connectivity index (χ4v) is 3.35. The number of thioether (sulfide) groups is 1. The van der Waals surface area contributed by atoms with E-state index in [2.05, 4.69) is 0 Å². The summed E-state index contributed by atoms with van der Waals surface area (Å²) in [4.78, 5) is 0. The number of hydrogen-bond donors (Lipinski definition) is 1. The Labute approximate surface area is 100 Å². The van der Waals surface area contributed by atoms with Gasteiger partial charge >= 0.3 is 0 Å². The summed E-state index contributed by atoms with van der Waals surface area (Å²) in [6.07, 6.45) is 2.61. The Balaban J connectivity index is 1.94. The molecule has 16 heavy (non-hydrogen) atoms. The van der Waals surface area contributed by atoms with Crippen LogP contribution in [-0.2, 0) is 0 Å². The van der Waals surface area contributed by atoms with E-state index in [4.69, 9.17) is 0 Å². The molecule has 1 unspecified atom stereocenters. The van der Waals surface area contributed by atoms with Crippen LogP contribution in [0.25, 0.3) is 0 Å². The van der Waals surface area contributed by atoms with Crippen molar-refractivity contribution in [3.63, 3.8) is 0 Å². The maximum Gasteiger partial charge on any atom is 0.123 e. The molecule has 1 fully saturated rings. The van der Waals surface area contributed by atoms with Gasteiger partial charge in [-0.2, -0.15) is 11.8 Å². The molecule has 1 aliphatic heterocycles. The maximum absolute atomic E-state index is 13.0. The first-order valence-electron chi connectivity index (χ1n) is 5.77. The molecule has 1 atom stereocenters. The van der Waals surface area contributed by atoms with Crippen molar-refractivity contribution in [1.82, 2.24) is 0 Å². The first kappa shape index (κ1) is 11.9. The molecule has 0 aliphatic carbocycles. The van der Waals surface area contributed by atoms with Crippen LogP contribution in [-0.4, -0.2) is 16.6 Å². The molecule has 1 nitrogen and oxygen atoms in total. The van der Waals surface area contributed by atoms with Crippen molar-refractivity contribution in [2.45, 2.75) is 25.4 Å². The Kier molecular flexibility index (Phi) is 4.24. The predicted molar refractivity (Wildman–Crippen MR) is 66.0 cm³/mol. The fourth-order valence-electron chi connectivity index (χ4n) is 2.15. The highest BCUT2D eigenvalue weighted by Gasteiger charge is 2.18. The molecule has 0 bridgehead atoms. The molecule has 0 spiro atoms. The summed E-state index contributed by atoms with van der Waals surface area (Å²) < 4.78 is 13.0. The van der Waals surface area contributed by atoms with Gasteiger partial charge in [-0.1, -0.05) is 12.1 Å². The van der Waals surface area contributed by atoms with Gasteiger partial charge in [0.2, 0.25) is 0 Å². The second-order valence-corrected chi connectivity index (χ2v) is 5.59. The van der Waals surface area contributed by atoms with Crippen LogP contribution in [0, 0.1) is 11.7 Å². The molecule has 3 heteroatoms. The summed E-state index contributed by atoms with van der Waals surface area (Å²) in [6.45, 7) is 0. The minimum absolute atomic E-state index is 0.268. The van der Waals surface area contributed by atoms with E-state index in [1.54, 1.807) is 12.1 Å². The number of halogens is 1. The standard InChI is InChI=1S/C13H17FOS/c14-12-3-1-2-11(9-12)13(15)8-10-4-6-16-7-5-10/h1-3,9-10,13,15H,4-8H2. The van der Waals surface area contributed by atoms with Gasteiger partial charge in [0, 0.05) is 0 Å². The molecule has 1 aromatic rings. The van der Waals surface area contributed by atoms with Gasteiger partial charge in [0.05, 0.1) is 6.10 Å². The van der Waals surface area contributed by atoms with Gasteiger partial charge in [-0.15, -0.1) is 0 Å². The Bertz CT molecular complexity index is 336. The highest BCUT2D eigenvalue weighted by Crippen LogP contribution is 2.30. The van der Waals surface area contributed by atoms with Crippen LogP contribution in [0.4, 0.5) is 4.39 Å². The number of aliphatic hydroxyl groups excluding tert-OH is 1. The smallest absolute Gasteiger partial charge is 0.123 e. The molecule has 88 valence electrons. The maximum atomic E-state index is 13.0. The third-order valence-corrected chi connectivity index (χ3v) is 4.18. The second kappa shape index (κ2) is 5.69. The lowest BCUT2D eigenvalue weighted by atomic mass is 9.92. The molecule has 0 amide bonds. The minimum Gasteiger partial charge on any atom is -0.388 e. The molecule has 1 aromatic carbocycles. The van der Waals surface area contributed by atoms with E-state index in [1.165, 1.54) is 36.5 Å². The van der Waals surface area contributed by atoms with Crippen molar-refractivity contribution >= 4 is 11.8 Å². The quantitative estimate of drug-likeness (QED) is 0.874. The molecule has 0 radical (unpaired) electrons. The van der Waals surface area contributed by atoms with Crippen LogP contribution < -0.4 is 0 Å². The van der Waals surface area contributed by atoms with Crippen LogP contribution in [0.2, 0.25) is 0 Å². The zero-order valence-electron chi connectivity index (χ0n) is 9.23. The SMILES string of the molecule is OC(CC1CCSCC1)c1cccc(F)c1. The van der Waals surface area contributed by atoms with Crippen molar-refractivity contribution in [2.24, 2.45) is 5.92 Å². The third kappa shape index (κ3) is 3.22. The topological polar surface area (TPSA) is 20.2 Å². The molecule has 2 rings (SSSR count). The molecule has 0 aromatic heterocycles. The van der Waals surface area contributed by atoms with E-state index in [1.807, 2.05) is 11.8 Å². The molecule has 1 saturated heterocycles. The zero-order chi connectivity index (χ0) is 11.4. The monoisotopic (exact) mass is 240 g/mol.